The Morgan fingerprint density at radius 3 is 2.96 bits per heavy atom. The highest BCUT2D eigenvalue weighted by atomic mass is 16.7. The second kappa shape index (κ2) is 4.52. The van der Waals surface area contributed by atoms with Gasteiger partial charge >= 0.3 is 0 Å². The predicted octanol–water partition coefficient (Wildman–Crippen LogP) is 1.42. The zero-order valence-electron chi connectivity index (χ0n) is 12.7. The lowest BCUT2D eigenvalue weighted by atomic mass is 9.78. The van der Waals surface area contributed by atoms with Gasteiger partial charge in [-0.2, -0.15) is 0 Å². The molecule has 5 nitrogen and oxygen atoms in total. The van der Waals surface area contributed by atoms with Gasteiger partial charge in [-0.05, 0) is 18.6 Å². The summed E-state index contributed by atoms with van der Waals surface area (Å²) < 4.78 is 11.2. The van der Waals surface area contributed by atoms with Crippen molar-refractivity contribution in [3.05, 3.63) is 35.9 Å². The Hall–Kier alpha value is -1.98. The van der Waals surface area contributed by atoms with Gasteiger partial charge in [0, 0.05) is 11.6 Å². The SMILES string of the molecule is CC(=O)[C@@H]1[C@@H]2[C@@H](C(=O)[C@@H]3OC[C@@H]2O3)[C@@H]2C=Cc3ccccc3N12. The predicted molar refractivity (Wildman–Crippen MR) is 82.8 cm³/mol. The molecule has 0 aliphatic carbocycles. The minimum absolute atomic E-state index is 0.0217. The van der Waals surface area contributed by atoms with Crippen LogP contribution in [0.1, 0.15) is 12.5 Å². The molecular weight excluding hydrogens is 294 g/mol. The number of carbonyl (C=O) groups excluding carboxylic acids is 2. The van der Waals surface area contributed by atoms with E-state index in [-0.39, 0.29) is 41.6 Å². The number of benzene rings is 1. The molecule has 0 radical (unpaired) electrons. The van der Waals surface area contributed by atoms with Gasteiger partial charge in [-0.25, -0.2) is 0 Å². The Bertz CT molecular complexity index is 742. The van der Waals surface area contributed by atoms with Crippen LogP contribution in [0, 0.1) is 11.8 Å². The first-order chi connectivity index (χ1) is 11.2. The monoisotopic (exact) mass is 311 g/mol. The minimum atomic E-state index is -0.751. The summed E-state index contributed by atoms with van der Waals surface area (Å²) in [5, 5.41) is 0. The number of nitrogens with zero attached hydrogens (tertiary/aromatic N) is 1. The fraction of sp³-hybridized carbons (Fsp3) is 0.444. The van der Waals surface area contributed by atoms with Gasteiger partial charge in [0.2, 0.25) is 6.29 Å². The summed E-state index contributed by atoms with van der Waals surface area (Å²) in [5.74, 6) is -0.319. The maximum Gasteiger partial charge on any atom is 0.218 e. The first-order valence-electron chi connectivity index (χ1n) is 8.03. The Labute approximate surface area is 133 Å². The normalized spacial score (nSPS) is 39.9. The molecule has 0 saturated carbocycles. The maximum absolute atomic E-state index is 12.8. The van der Waals surface area contributed by atoms with Crippen LogP contribution in [0.4, 0.5) is 5.69 Å². The summed E-state index contributed by atoms with van der Waals surface area (Å²) in [6.45, 7) is 2.00. The fourth-order valence-corrected chi connectivity index (χ4v) is 4.74. The van der Waals surface area contributed by atoms with Gasteiger partial charge in [0.1, 0.15) is 0 Å². The van der Waals surface area contributed by atoms with Crippen LogP contribution in [0.5, 0.6) is 0 Å². The van der Waals surface area contributed by atoms with E-state index < -0.39 is 6.29 Å². The molecule has 0 amide bonds. The van der Waals surface area contributed by atoms with E-state index in [1.165, 1.54) is 0 Å². The number of rotatable bonds is 1. The van der Waals surface area contributed by atoms with Crippen molar-refractivity contribution in [3.8, 4) is 0 Å². The highest BCUT2D eigenvalue weighted by Crippen LogP contribution is 2.50. The zero-order chi connectivity index (χ0) is 15.7. The molecular formula is C18H17NO4. The van der Waals surface area contributed by atoms with E-state index in [0.29, 0.717) is 6.61 Å². The molecule has 5 heteroatoms. The summed E-state index contributed by atoms with van der Waals surface area (Å²) in [7, 11) is 0. The van der Waals surface area contributed by atoms with Gasteiger partial charge in [0.05, 0.1) is 30.7 Å². The molecule has 1 aromatic carbocycles. The van der Waals surface area contributed by atoms with Crippen LogP contribution in [-0.4, -0.2) is 42.7 Å². The van der Waals surface area contributed by atoms with E-state index in [9.17, 15) is 9.59 Å². The highest BCUT2D eigenvalue weighted by Gasteiger charge is 2.62. The Morgan fingerprint density at radius 1 is 1.30 bits per heavy atom. The molecule has 0 aromatic heterocycles. The third-order valence-corrected chi connectivity index (χ3v) is 5.57. The minimum Gasteiger partial charge on any atom is -0.353 e. The summed E-state index contributed by atoms with van der Waals surface area (Å²) >= 11 is 0. The van der Waals surface area contributed by atoms with Crippen molar-refractivity contribution in [2.45, 2.75) is 31.4 Å². The van der Waals surface area contributed by atoms with E-state index in [1.54, 1.807) is 6.92 Å². The number of ether oxygens (including phenoxy) is 2. The van der Waals surface area contributed by atoms with Crippen LogP contribution in [0.15, 0.2) is 30.3 Å². The van der Waals surface area contributed by atoms with Crippen LogP contribution in [-0.2, 0) is 19.1 Å². The molecule has 3 saturated heterocycles. The number of Topliss-reactive ketones (excluding diaryl/α,β-unsaturated/α-hetero) is 2. The maximum atomic E-state index is 12.8. The van der Waals surface area contributed by atoms with Crippen LogP contribution < -0.4 is 4.90 Å². The van der Waals surface area contributed by atoms with Gasteiger partial charge in [-0.3, -0.25) is 9.59 Å². The van der Waals surface area contributed by atoms with E-state index in [0.717, 1.165) is 11.3 Å². The number of hydrogen-bond acceptors (Lipinski definition) is 5. The molecule has 2 bridgehead atoms. The fourth-order valence-electron chi connectivity index (χ4n) is 4.74. The number of hydrogen-bond donors (Lipinski definition) is 0. The quantitative estimate of drug-likeness (QED) is 0.785. The smallest absolute Gasteiger partial charge is 0.218 e. The molecule has 4 heterocycles. The van der Waals surface area contributed by atoms with Crippen molar-refractivity contribution >= 4 is 23.3 Å². The van der Waals surface area contributed by atoms with Crippen LogP contribution in [0.25, 0.3) is 6.08 Å². The molecule has 0 N–H and O–H groups in total. The molecule has 23 heavy (non-hydrogen) atoms. The summed E-state index contributed by atoms with van der Waals surface area (Å²) in [6.07, 6.45) is 3.19. The molecule has 6 atom stereocenters. The second-order valence-electron chi connectivity index (χ2n) is 6.72. The van der Waals surface area contributed by atoms with Crippen LogP contribution in [0.3, 0.4) is 0 Å². The van der Waals surface area contributed by atoms with Gasteiger partial charge in [0.15, 0.2) is 11.6 Å². The zero-order valence-corrected chi connectivity index (χ0v) is 12.7. The number of anilines is 1. The van der Waals surface area contributed by atoms with Crippen molar-refractivity contribution in [1.29, 1.82) is 0 Å². The molecule has 0 spiro atoms. The van der Waals surface area contributed by atoms with Crippen molar-refractivity contribution in [2.75, 3.05) is 11.5 Å². The highest BCUT2D eigenvalue weighted by molar-refractivity contribution is 5.95. The van der Waals surface area contributed by atoms with Gasteiger partial charge in [-0.15, -0.1) is 0 Å². The lowest BCUT2D eigenvalue weighted by Crippen LogP contribution is -2.48. The van der Waals surface area contributed by atoms with Gasteiger partial charge in [0.25, 0.3) is 0 Å². The number of fused-ring (bicyclic) bond motifs is 8. The molecule has 5 rings (SSSR count). The third kappa shape index (κ3) is 1.64. The largest absolute Gasteiger partial charge is 0.353 e. The lowest BCUT2D eigenvalue weighted by molar-refractivity contribution is -0.164. The molecule has 4 aliphatic heterocycles. The summed E-state index contributed by atoms with van der Waals surface area (Å²) in [5.41, 5.74) is 2.11. The summed E-state index contributed by atoms with van der Waals surface area (Å²) in [4.78, 5) is 27.4. The molecule has 3 fully saturated rings. The average molecular weight is 311 g/mol. The molecule has 4 aliphatic rings. The first kappa shape index (κ1) is 13.5. The molecule has 1 aromatic rings. The van der Waals surface area contributed by atoms with Crippen LogP contribution in [0.2, 0.25) is 0 Å². The van der Waals surface area contributed by atoms with Gasteiger partial charge in [-0.1, -0.05) is 30.4 Å². The summed E-state index contributed by atoms with van der Waals surface area (Å²) in [6, 6.07) is 7.59. The standard InChI is InChI=1S/C18H17NO4/c1-9(20)16-15-13-8-22-18(23-13)17(21)14(15)12-7-6-10-4-2-3-5-11(10)19(12)16/h2-7,12-16,18H,8H2,1H3/t12-,13-,14-,15-,16+,18+/m0/s1. The van der Waals surface area contributed by atoms with Crippen molar-refractivity contribution in [1.82, 2.24) is 0 Å². The van der Waals surface area contributed by atoms with Crippen molar-refractivity contribution < 1.29 is 19.1 Å². The van der Waals surface area contributed by atoms with Crippen LogP contribution >= 0.6 is 0 Å². The Balaban J connectivity index is 1.69. The molecule has 0 unspecified atom stereocenters. The van der Waals surface area contributed by atoms with E-state index in [1.807, 2.05) is 24.3 Å². The van der Waals surface area contributed by atoms with Crippen molar-refractivity contribution in [2.24, 2.45) is 11.8 Å². The third-order valence-electron chi connectivity index (χ3n) is 5.57. The van der Waals surface area contributed by atoms with E-state index in [4.69, 9.17) is 9.47 Å². The number of para-hydroxylation sites is 1. The second-order valence-corrected chi connectivity index (χ2v) is 6.72. The lowest BCUT2D eigenvalue weighted by Gasteiger charge is -2.35. The Kier molecular flexibility index (Phi) is 2.65. The average Bonchev–Trinajstić information content (AvgIpc) is 3.13. The number of ketones is 2. The molecule has 118 valence electrons. The van der Waals surface area contributed by atoms with E-state index >= 15 is 0 Å². The number of carbonyl (C=O) groups is 2. The Morgan fingerprint density at radius 2 is 2.13 bits per heavy atom. The van der Waals surface area contributed by atoms with E-state index in [2.05, 4.69) is 17.1 Å². The van der Waals surface area contributed by atoms with Crippen molar-refractivity contribution in [3.63, 3.8) is 0 Å². The first-order valence-corrected chi connectivity index (χ1v) is 8.03. The van der Waals surface area contributed by atoms with Gasteiger partial charge < -0.3 is 14.4 Å². The topological polar surface area (TPSA) is 55.8 Å².